The fraction of sp³-hybridized carbons (Fsp3) is 0.643. The number of carboxylic acid groups (broad SMARTS) is 1. The first-order valence-electron chi connectivity index (χ1n) is 7.20. The van der Waals surface area contributed by atoms with Crippen LogP contribution in [0.5, 0.6) is 0 Å². The molecular formula is C14H21NO4S2. The van der Waals surface area contributed by atoms with Gasteiger partial charge in [0.2, 0.25) is 10.0 Å². The van der Waals surface area contributed by atoms with Crippen LogP contribution in [0, 0.1) is 12.8 Å². The number of carboxylic acids is 1. The molecule has 1 aromatic heterocycles. The first kappa shape index (κ1) is 16.5. The lowest BCUT2D eigenvalue weighted by Gasteiger charge is -2.31. The Morgan fingerprint density at radius 2 is 2.05 bits per heavy atom. The van der Waals surface area contributed by atoms with Crippen molar-refractivity contribution < 1.29 is 18.3 Å². The maximum atomic E-state index is 12.6. The van der Waals surface area contributed by atoms with Crippen LogP contribution in [0.2, 0.25) is 0 Å². The molecule has 1 fully saturated rings. The maximum absolute atomic E-state index is 12.6. The molecule has 1 saturated heterocycles. The first-order valence-corrected chi connectivity index (χ1v) is 9.45. The van der Waals surface area contributed by atoms with Crippen molar-refractivity contribution in [1.29, 1.82) is 0 Å². The van der Waals surface area contributed by atoms with Crippen molar-refractivity contribution in [2.45, 2.75) is 44.4 Å². The fourth-order valence-electron chi connectivity index (χ4n) is 2.81. The normalized spacial score (nSPS) is 18.0. The monoisotopic (exact) mass is 331 g/mol. The van der Waals surface area contributed by atoms with Crippen LogP contribution in [-0.4, -0.2) is 36.9 Å². The van der Waals surface area contributed by atoms with Crippen molar-refractivity contribution in [3.63, 3.8) is 0 Å². The lowest BCUT2D eigenvalue weighted by Crippen LogP contribution is -2.38. The molecule has 1 N–H and O–H groups in total. The van der Waals surface area contributed by atoms with Crippen LogP contribution >= 0.6 is 11.3 Å². The summed E-state index contributed by atoms with van der Waals surface area (Å²) in [5, 5.41) is 8.99. The summed E-state index contributed by atoms with van der Waals surface area (Å²) in [5.74, 6) is -0.467. The van der Waals surface area contributed by atoms with E-state index >= 15 is 0 Å². The van der Waals surface area contributed by atoms with E-state index in [1.165, 1.54) is 10.4 Å². The zero-order chi connectivity index (χ0) is 15.6. The molecule has 0 spiro atoms. The molecule has 0 amide bonds. The molecule has 1 aliphatic rings. The summed E-state index contributed by atoms with van der Waals surface area (Å²) in [7, 11) is -3.56. The van der Waals surface area contributed by atoms with Crippen LogP contribution in [0.3, 0.4) is 0 Å². The van der Waals surface area contributed by atoms with Gasteiger partial charge in [-0.1, -0.05) is 19.8 Å². The number of hydrogen-bond donors (Lipinski definition) is 1. The number of nitrogens with zero attached hydrogens (tertiary/aromatic N) is 1. The smallest absolute Gasteiger partial charge is 0.345 e. The molecule has 0 aromatic carbocycles. The molecule has 2 rings (SSSR count). The molecule has 0 radical (unpaired) electrons. The molecule has 0 saturated carbocycles. The molecule has 0 unspecified atom stereocenters. The van der Waals surface area contributed by atoms with E-state index in [0.29, 0.717) is 23.9 Å². The number of sulfonamides is 1. The zero-order valence-corrected chi connectivity index (χ0v) is 14.0. The number of carbonyl (C=O) groups is 1. The number of rotatable bonds is 5. The average Bonchev–Trinajstić information content (AvgIpc) is 2.83. The molecule has 21 heavy (non-hydrogen) atoms. The summed E-state index contributed by atoms with van der Waals surface area (Å²) >= 11 is 1.02. The van der Waals surface area contributed by atoms with E-state index < -0.39 is 16.0 Å². The van der Waals surface area contributed by atoms with Gasteiger partial charge in [-0.3, -0.25) is 0 Å². The zero-order valence-electron chi connectivity index (χ0n) is 12.3. The third kappa shape index (κ3) is 3.46. The lowest BCUT2D eigenvalue weighted by atomic mass is 9.94. The van der Waals surface area contributed by atoms with Crippen LogP contribution < -0.4 is 0 Å². The highest BCUT2D eigenvalue weighted by molar-refractivity contribution is 7.89. The quantitative estimate of drug-likeness (QED) is 0.900. The summed E-state index contributed by atoms with van der Waals surface area (Å²) < 4.78 is 26.8. The second kappa shape index (κ2) is 6.46. The third-order valence-corrected chi connectivity index (χ3v) is 7.16. The van der Waals surface area contributed by atoms with Gasteiger partial charge in [-0.15, -0.1) is 11.3 Å². The number of aryl methyl sites for hydroxylation is 1. The fourth-order valence-corrected chi connectivity index (χ4v) is 5.68. The SMILES string of the molecule is CCCC1CCN(S(=O)(=O)c2cc(C(=O)O)sc2C)CC1. The van der Waals surface area contributed by atoms with Gasteiger partial charge < -0.3 is 5.11 Å². The minimum absolute atomic E-state index is 0.0759. The van der Waals surface area contributed by atoms with Crippen LogP contribution in [0.4, 0.5) is 0 Å². The van der Waals surface area contributed by atoms with Crippen molar-refractivity contribution in [3.8, 4) is 0 Å². The van der Waals surface area contributed by atoms with E-state index in [4.69, 9.17) is 5.11 Å². The van der Waals surface area contributed by atoms with Gasteiger partial charge in [0.25, 0.3) is 0 Å². The minimum Gasteiger partial charge on any atom is -0.477 e. The molecule has 1 aromatic rings. The number of aromatic carboxylic acids is 1. The largest absolute Gasteiger partial charge is 0.477 e. The Morgan fingerprint density at radius 3 is 2.52 bits per heavy atom. The summed E-state index contributed by atoms with van der Waals surface area (Å²) in [4.78, 5) is 11.8. The first-order chi connectivity index (χ1) is 9.86. The van der Waals surface area contributed by atoms with E-state index in [-0.39, 0.29) is 9.77 Å². The molecule has 5 nitrogen and oxygen atoms in total. The Kier molecular flexibility index (Phi) is 5.06. The summed E-state index contributed by atoms with van der Waals surface area (Å²) in [6.45, 7) is 4.87. The van der Waals surface area contributed by atoms with Crippen molar-refractivity contribution in [3.05, 3.63) is 15.8 Å². The van der Waals surface area contributed by atoms with Gasteiger partial charge in [0.05, 0.1) is 4.90 Å². The highest BCUT2D eigenvalue weighted by Gasteiger charge is 2.31. The van der Waals surface area contributed by atoms with Crippen LogP contribution in [-0.2, 0) is 10.0 Å². The van der Waals surface area contributed by atoms with Gasteiger partial charge in [0, 0.05) is 18.0 Å². The van der Waals surface area contributed by atoms with E-state index in [1.807, 2.05) is 0 Å². The molecule has 0 bridgehead atoms. The van der Waals surface area contributed by atoms with Gasteiger partial charge in [0.15, 0.2) is 0 Å². The Bertz CT molecular complexity index is 613. The predicted molar refractivity (Wildman–Crippen MR) is 82.4 cm³/mol. The van der Waals surface area contributed by atoms with Gasteiger partial charge in [-0.25, -0.2) is 13.2 Å². The van der Waals surface area contributed by atoms with Gasteiger partial charge in [0.1, 0.15) is 4.88 Å². The maximum Gasteiger partial charge on any atom is 0.345 e. The van der Waals surface area contributed by atoms with Crippen molar-refractivity contribution in [2.24, 2.45) is 5.92 Å². The average molecular weight is 331 g/mol. The molecule has 0 aliphatic carbocycles. The summed E-state index contributed by atoms with van der Waals surface area (Å²) in [6, 6.07) is 1.29. The topological polar surface area (TPSA) is 74.7 Å². The number of hydrogen-bond acceptors (Lipinski definition) is 4. The Labute approximate surface area is 129 Å². The predicted octanol–water partition coefficient (Wildman–Crippen LogP) is 2.96. The Balaban J connectivity index is 2.18. The van der Waals surface area contributed by atoms with Crippen molar-refractivity contribution >= 4 is 27.3 Å². The second-order valence-electron chi connectivity index (χ2n) is 5.47. The van der Waals surface area contributed by atoms with Gasteiger partial charge in [-0.05, 0) is 31.7 Å². The molecule has 118 valence electrons. The van der Waals surface area contributed by atoms with Crippen LogP contribution in [0.15, 0.2) is 11.0 Å². The molecule has 1 aliphatic heterocycles. The highest BCUT2D eigenvalue weighted by Crippen LogP contribution is 2.31. The minimum atomic E-state index is -3.56. The summed E-state index contributed by atoms with van der Waals surface area (Å²) in [5.41, 5.74) is 0. The van der Waals surface area contributed by atoms with Crippen molar-refractivity contribution in [2.75, 3.05) is 13.1 Å². The van der Waals surface area contributed by atoms with Crippen LogP contribution in [0.25, 0.3) is 0 Å². The second-order valence-corrected chi connectivity index (χ2v) is 8.64. The van der Waals surface area contributed by atoms with E-state index in [0.717, 1.165) is 37.0 Å². The lowest BCUT2D eigenvalue weighted by molar-refractivity contribution is 0.0702. The van der Waals surface area contributed by atoms with E-state index in [9.17, 15) is 13.2 Å². The Morgan fingerprint density at radius 1 is 1.43 bits per heavy atom. The van der Waals surface area contributed by atoms with E-state index in [2.05, 4.69) is 6.92 Å². The Hall–Kier alpha value is -0.920. The van der Waals surface area contributed by atoms with E-state index in [1.54, 1.807) is 6.92 Å². The molecule has 0 atom stereocenters. The third-order valence-electron chi connectivity index (χ3n) is 3.97. The van der Waals surface area contributed by atoms with Gasteiger partial charge >= 0.3 is 5.97 Å². The van der Waals surface area contributed by atoms with Crippen molar-refractivity contribution in [1.82, 2.24) is 4.31 Å². The number of thiophene rings is 1. The van der Waals surface area contributed by atoms with Gasteiger partial charge in [-0.2, -0.15) is 4.31 Å². The molecule has 7 heteroatoms. The standard InChI is InChI=1S/C14H21NO4S2/c1-3-4-11-5-7-15(8-6-11)21(18,19)13-9-12(14(16)17)20-10(13)2/h9,11H,3-8H2,1-2H3,(H,16,17). The molecule has 2 heterocycles. The van der Waals surface area contributed by atoms with Crippen LogP contribution in [0.1, 0.15) is 47.2 Å². The molecular weight excluding hydrogens is 310 g/mol. The number of piperidine rings is 1. The summed E-state index contributed by atoms with van der Waals surface area (Å²) in [6.07, 6.45) is 4.06. The highest BCUT2D eigenvalue weighted by atomic mass is 32.2.